The monoisotopic (exact) mass is 487 g/mol. The summed E-state index contributed by atoms with van der Waals surface area (Å²) in [4.78, 5) is 4.46. The Labute approximate surface area is 178 Å². The second-order valence-electron chi connectivity index (χ2n) is 6.24. The average Bonchev–Trinajstić information content (AvgIpc) is 3.19. The van der Waals surface area contributed by atoms with Gasteiger partial charge in [0.1, 0.15) is 17.1 Å². The molecule has 6 nitrogen and oxygen atoms in total. The van der Waals surface area contributed by atoms with Crippen molar-refractivity contribution in [2.45, 2.75) is 32.3 Å². The molecule has 1 heterocycles. The molecule has 1 atom stereocenters. The van der Waals surface area contributed by atoms with E-state index in [1.807, 2.05) is 37.3 Å². The number of rotatable bonds is 10. The van der Waals surface area contributed by atoms with Gasteiger partial charge < -0.3 is 24.9 Å². The molecule has 0 radical (unpaired) electrons. The molecular formula is C20H30IN3O3. The lowest BCUT2D eigenvalue weighted by molar-refractivity contribution is 0.0437. The van der Waals surface area contributed by atoms with Crippen molar-refractivity contribution < 1.29 is 14.3 Å². The molecule has 1 unspecified atom stereocenters. The zero-order chi connectivity index (χ0) is 18.7. The van der Waals surface area contributed by atoms with Gasteiger partial charge in [-0.15, -0.1) is 24.0 Å². The van der Waals surface area contributed by atoms with E-state index >= 15 is 0 Å². The summed E-state index contributed by atoms with van der Waals surface area (Å²) in [6.45, 7) is 6.15. The number of furan rings is 1. The van der Waals surface area contributed by atoms with Gasteiger partial charge >= 0.3 is 0 Å². The molecule has 1 aromatic carbocycles. The van der Waals surface area contributed by atoms with Crippen LogP contribution in [0.4, 0.5) is 0 Å². The summed E-state index contributed by atoms with van der Waals surface area (Å²) in [6, 6.07) is 13.3. The number of halogens is 1. The van der Waals surface area contributed by atoms with Crippen molar-refractivity contribution in [2.24, 2.45) is 4.99 Å². The van der Waals surface area contributed by atoms with Crippen LogP contribution in [-0.4, -0.2) is 37.3 Å². The predicted molar refractivity (Wildman–Crippen MR) is 119 cm³/mol. The first-order chi connectivity index (χ1) is 12.6. The predicted octanol–water partition coefficient (Wildman–Crippen LogP) is 3.52. The van der Waals surface area contributed by atoms with Gasteiger partial charge in [0.2, 0.25) is 0 Å². The van der Waals surface area contributed by atoms with E-state index in [1.54, 1.807) is 25.3 Å². The van der Waals surface area contributed by atoms with Crippen LogP contribution in [0.5, 0.6) is 5.75 Å². The lowest BCUT2D eigenvalue weighted by Gasteiger charge is -2.19. The number of aliphatic hydroxyl groups is 1. The zero-order valence-electron chi connectivity index (χ0n) is 16.0. The quantitative estimate of drug-likeness (QED) is 0.207. The molecule has 0 fully saturated rings. The van der Waals surface area contributed by atoms with Gasteiger partial charge in [-0.1, -0.05) is 18.2 Å². The van der Waals surface area contributed by atoms with Crippen molar-refractivity contribution in [1.29, 1.82) is 0 Å². The lowest BCUT2D eigenvalue weighted by Crippen LogP contribution is -2.39. The SMILES string of the molecule is CCNC(=NCC(C)(O)c1ccco1)NCCCCOc1ccccc1.I. The Hall–Kier alpha value is -1.74. The van der Waals surface area contributed by atoms with E-state index in [0.29, 0.717) is 18.3 Å². The van der Waals surface area contributed by atoms with Crippen LogP contribution < -0.4 is 15.4 Å². The molecule has 0 spiro atoms. The highest BCUT2D eigenvalue weighted by molar-refractivity contribution is 14.0. The number of hydrogen-bond acceptors (Lipinski definition) is 4. The highest BCUT2D eigenvalue weighted by atomic mass is 127. The smallest absolute Gasteiger partial charge is 0.191 e. The van der Waals surface area contributed by atoms with Crippen molar-refractivity contribution in [3.63, 3.8) is 0 Å². The van der Waals surface area contributed by atoms with Gasteiger partial charge in [-0.3, -0.25) is 0 Å². The first kappa shape index (κ1) is 23.3. The summed E-state index contributed by atoms with van der Waals surface area (Å²) in [6.07, 6.45) is 3.46. The number of nitrogens with one attached hydrogen (secondary N) is 2. The molecule has 0 aliphatic heterocycles. The molecule has 2 rings (SSSR count). The summed E-state index contributed by atoms with van der Waals surface area (Å²) < 4.78 is 11.0. The summed E-state index contributed by atoms with van der Waals surface area (Å²) in [5.41, 5.74) is -1.13. The fraction of sp³-hybridized carbons (Fsp3) is 0.450. The van der Waals surface area contributed by atoms with Crippen molar-refractivity contribution in [3.8, 4) is 5.75 Å². The number of nitrogens with zero attached hydrogens (tertiary/aromatic N) is 1. The number of ether oxygens (including phenoxy) is 1. The Morgan fingerprint density at radius 2 is 1.93 bits per heavy atom. The van der Waals surface area contributed by atoms with E-state index < -0.39 is 5.60 Å². The van der Waals surface area contributed by atoms with Gasteiger partial charge in [0.25, 0.3) is 0 Å². The van der Waals surface area contributed by atoms with Gasteiger partial charge in [-0.25, -0.2) is 4.99 Å². The van der Waals surface area contributed by atoms with Crippen LogP contribution in [0.1, 0.15) is 32.4 Å². The first-order valence-electron chi connectivity index (χ1n) is 9.08. The van der Waals surface area contributed by atoms with Crippen LogP contribution in [0.15, 0.2) is 58.1 Å². The molecule has 2 aromatic rings. The van der Waals surface area contributed by atoms with Gasteiger partial charge in [0.15, 0.2) is 5.96 Å². The van der Waals surface area contributed by atoms with Crippen LogP contribution in [0, 0.1) is 0 Å². The third-order valence-corrected chi connectivity index (χ3v) is 3.82. The maximum absolute atomic E-state index is 10.5. The molecule has 0 aliphatic rings. The molecule has 7 heteroatoms. The highest BCUT2D eigenvalue weighted by Gasteiger charge is 2.25. The second-order valence-corrected chi connectivity index (χ2v) is 6.24. The topological polar surface area (TPSA) is 79.0 Å². The van der Waals surface area contributed by atoms with Crippen LogP contribution >= 0.6 is 24.0 Å². The number of aliphatic imine (C=N–C) groups is 1. The molecule has 0 bridgehead atoms. The number of unbranched alkanes of at least 4 members (excludes halogenated alkanes) is 1. The van der Waals surface area contributed by atoms with Crippen molar-refractivity contribution >= 4 is 29.9 Å². The second kappa shape index (κ2) is 12.6. The highest BCUT2D eigenvalue weighted by Crippen LogP contribution is 2.21. The first-order valence-corrected chi connectivity index (χ1v) is 9.08. The average molecular weight is 487 g/mol. The van der Waals surface area contributed by atoms with Gasteiger partial charge in [0, 0.05) is 13.1 Å². The van der Waals surface area contributed by atoms with E-state index in [2.05, 4.69) is 15.6 Å². The molecule has 150 valence electrons. The number of hydrogen-bond donors (Lipinski definition) is 3. The molecule has 27 heavy (non-hydrogen) atoms. The maximum atomic E-state index is 10.5. The van der Waals surface area contributed by atoms with E-state index in [4.69, 9.17) is 9.15 Å². The normalized spacial score (nSPS) is 13.4. The van der Waals surface area contributed by atoms with Gasteiger partial charge in [-0.2, -0.15) is 0 Å². The Morgan fingerprint density at radius 3 is 2.59 bits per heavy atom. The summed E-state index contributed by atoms with van der Waals surface area (Å²) in [7, 11) is 0. The minimum absolute atomic E-state index is 0. The van der Waals surface area contributed by atoms with Crippen LogP contribution in [0.25, 0.3) is 0 Å². The number of guanidine groups is 1. The third kappa shape index (κ3) is 8.66. The number of benzene rings is 1. The third-order valence-electron chi connectivity index (χ3n) is 3.82. The van der Waals surface area contributed by atoms with Crippen LogP contribution in [-0.2, 0) is 5.60 Å². The van der Waals surface area contributed by atoms with Crippen molar-refractivity contribution in [3.05, 3.63) is 54.5 Å². The molecule has 0 aliphatic carbocycles. The largest absolute Gasteiger partial charge is 0.494 e. The van der Waals surface area contributed by atoms with E-state index in [-0.39, 0.29) is 30.5 Å². The standard InChI is InChI=1S/C20H29N3O3.HI/c1-3-21-19(23-16-20(2,24)18-12-9-15-26-18)22-13-7-8-14-25-17-10-5-4-6-11-17;/h4-6,9-12,15,24H,3,7-8,13-14,16H2,1-2H3,(H2,21,22,23);1H. The van der Waals surface area contributed by atoms with Crippen LogP contribution in [0.3, 0.4) is 0 Å². The molecule has 0 amide bonds. The molecule has 0 saturated heterocycles. The van der Waals surface area contributed by atoms with E-state index in [1.165, 1.54) is 0 Å². The zero-order valence-corrected chi connectivity index (χ0v) is 18.3. The van der Waals surface area contributed by atoms with Crippen molar-refractivity contribution in [2.75, 3.05) is 26.2 Å². The summed E-state index contributed by atoms with van der Waals surface area (Å²) in [5, 5.41) is 16.9. The van der Waals surface area contributed by atoms with Crippen molar-refractivity contribution in [1.82, 2.24) is 10.6 Å². The summed E-state index contributed by atoms with van der Waals surface area (Å²) in [5.74, 6) is 2.09. The lowest BCUT2D eigenvalue weighted by atomic mass is 10.0. The van der Waals surface area contributed by atoms with E-state index in [0.717, 1.165) is 31.7 Å². The maximum Gasteiger partial charge on any atom is 0.191 e. The minimum atomic E-state index is -1.13. The fourth-order valence-corrected chi connectivity index (χ4v) is 2.38. The molecular weight excluding hydrogens is 457 g/mol. The van der Waals surface area contributed by atoms with Gasteiger partial charge in [-0.05, 0) is 51.0 Å². The molecule has 3 N–H and O–H groups in total. The van der Waals surface area contributed by atoms with E-state index in [9.17, 15) is 5.11 Å². The fourth-order valence-electron chi connectivity index (χ4n) is 2.38. The van der Waals surface area contributed by atoms with Crippen LogP contribution in [0.2, 0.25) is 0 Å². The Balaban J connectivity index is 0.00000364. The Bertz CT molecular complexity index is 646. The number of para-hydroxylation sites is 1. The summed E-state index contributed by atoms with van der Waals surface area (Å²) >= 11 is 0. The Kier molecular flexibility index (Phi) is 10.9. The molecule has 0 saturated carbocycles. The molecule has 1 aromatic heterocycles. The van der Waals surface area contributed by atoms with Gasteiger partial charge in [0.05, 0.1) is 19.4 Å². The minimum Gasteiger partial charge on any atom is -0.494 e. The Morgan fingerprint density at radius 1 is 1.15 bits per heavy atom.